The Morgan fingerprint density at radius 2 is 0.930 bits per heavy atom. The molecule has 0 amide bonds. The lowest BCUT2D eigenvalue weighted by Crippen LogP contribution is -2.35. The first-order valence-corrected chi connectivity index (χ1v) is 14.2. The molecule has 0 spiro atoms. The van der Waals surface area contributed by atoms with Crippen molar-refractivity contribution in [3.05, 3.63) is 149 Å². The number of nitrogens with zero attached hydrogens (tertiary/aromatic N) is 1. The van der Waals surface area contributed by atoms with Gasteiger partial charge in [-0.3, -0.25) is 0 Å². The molecule has 5 heteroatoms. The third-order valence-corrected chi connectivity index (χ3v) is 7.05. The quantitative estimate of drug-likeness (QED) is 0.142. The lowest BCUT2D eigenvalue weighted by Gasteiger charge is -2.11. The Balaban J connectivity index is 1.26. The summed E-state index contributed by atoms with van der Waals surface area (Å²) in [6.07, 6.45) is 8.34. The van der Waals surface area contributed by atoms with Gasteiger partial charge in [0.05, 0.1) is 14.2 Å². The molecule has 1 aromatic heterocycles. The Morgan fingerprint density at radius 3 is 1.35 bits per heavy atom. The van der Waals surface area contributed by atoms with Crippen LogP contribution in [0.5, 0.6) is 23.0 Å². The Kier molecular flexibility index (Phi) is 9.89. The van der Waals surface area contributed by atoms with Gasteiger partial charge in [-0.15, -0.1) is 0 Å². The van der Waals surface area contributed by atoms with Crippen LogP contribution < -0.4 is 23.5 Å². The van der Waals surface area contributed by atoms with Gasteiger partial charge >= 0.3 is 0 Å². The van der Waals surface area contributed by atoms with E-state index in [9.17, 15) is 0 Å². The SMILES string of the molecule is COc1cc(/C=C/c2cccc(/C=C/c3ccc(OCc4ccccc4)c(OC)c3)[n+]2C)ccc1OCc1ccccc1. The minimum absolute atomic E-state index is 0.488. The number of ether oxygens (including phenoxy) is 4. The summed E-state index contributed by atoms with van der Waals surface area (Å²) in [5, 5.41) is 0. The summed E-state index contributed by atoms with van der Waals surface area (Å²) < 4.78 is 25.4. The monoisotopic (exact) mass is 570 g/mol. The van der Waals surface area contributed by atoms with Gasteiger partial charge in [-0.1, -0.05) is 72.8 Å². The Morgan fingerprint density at radius 1 is 0.488 bits per heavy atom. The normalized spacial score (nSPS) is 11.1. The van der Waals surface area contributed by atoms with Crippen molar-refractivity contribution in [3.8, 4) is 23.0 Å². The number of benzene rings is 4. The maximum atomic E-state index is 6.01. The fraction of sp³-hybridized carbons (Fsp3) is 0.132. The maximum absolute atomic E-state index is 6.01. The molecule has 5 rings (SSSR count). The van der Waals surface area contributed by atoms with Crippen LogP contribution in [0.4, 0.5) is 0 Å². The average molecular weight is 571 g/mol. The van der Waals surface area contributed by atoms with E-state index in [4.69, 9.17) is 18.9 Å². The van der Waals surface area contributed by atoms with Crippen LogP contribution in [-0.2, 0) is 20.3 Å². The van der Waals surface area contributed by atoms with Crippen LogP contribution in [0, 0.1) is 0 Å². The second kappa shape index (κ2) is 14.6. The summed E-state index contributed by atoms with van der Waals surface area (Å²) >= 11 is 0. The molecule has 0 saturated heterocycles. The maximum Gasteiger partial charge on any atom is 0.205 e. The third kappa shape index (κ3) is 7.92. The number of pyridine rings is 1. The molecule has 216 valence electrons. The molecule has 0 N–H and O–H groups in total. The van der Waals surface area contributed by atoms with Crippen molar-refractivity contribution in [1.29, 1.82) is 0 Å². The van der Waals surface area contributed by atoms with Crippen LogP contribution in [0.2, 0.25) is 0 Å². The molecule has 0 aliphatic carbocycles. The fourth-order valence-electron chi connectivity index (χ4n) is 4.60. The second-order valence-corrected chi connectivity index (χ2v) is 9.97. The molecule has 5 nitrogen and oxygen atoms in total. The van der Waals surface area contributed by atoms with E-state index in [2.05, 4.69) is 54.1 Å². The molecule has 0 bridgehead atoms. The molecule has 5 aromatic rings. The van der Waals surface area contributed by atoms with E-state index in [1.54, 1.807) is 14.2 Å². The lowest BCUT2D eigenvalue weighted by atomic mass is 10.1. The van der Waals surface area contributed by atoms with Gasteiger partial charge in [0, 0.05) is 24.3 Å². The van der Waals surface area contributed by atoms with Gasteiger partial charge < -0.3 is 18.9 Å². The highest BCUT2D eigenvalue weighted by molar-refractivity contribution is 5.71. The van der Waals surface area contributed by atoms with Gasteiger partial charge in [0.15, 0.2) is 23.0 Å². The molecule has 4 aromatic carbocycles. The number of methoxy groups -OCH3 is 2. The summed E-state index contributed by atoms with van der Waals surface area (Å²) in [7, 11) is 5.38. The zero-order valence-electron chi connectivity index (χ0n) is 24.8. The van der Waals surface area contributed by atoms with Gasteiger partial charge in [0.1, 0.15) is 20.3 Å². The van der Waals surface area contributed by atoms with Crippen LogP contribution in [0.15, 0.2) is 115 Å². The number of hydrogen-bond donors (Lipinski definition) is 0. The van der Waals surface area contributed by atoms with Crippen LogP contribution in [0.25, 0.3) is 24.3 Å². The average Bonchev–Trinajstić information content (AvgIpc) is 3.06. The van der Waals surface area contributed by atoms with Crippen LogP contribution in [-0.4, -0.2) is 14.2 Å². The van der Waals surface area contributed by atoms with Crippen LogP contribution in [0.3, 0.4) is 0 Å². The second-order valence-electron chi connectivity index (χ2n) is 9.97. The Hall–Kier alpha value is -5.29. The summed E-state index contributed by atoms with van der Waals surface area (Å²) in [6.45, 7) is 0.975. The van der Waals surface area contributed by atoms with E-state index in [1.165, 1.54) is 0 Å². The summed E-state index contributed by atoms with van der Waals surface area (Å²) in [6, 6.07) is 38.4. The molecule has 43 heavy (non-hydrogen) atoms. The number of aromatic nitrogens is 1. The van der Waals surface area contributed by atoms with Crippen LogP contribution >= 0.6 is 0 Å². The lowest BCUT2D eigenvalue weighted by molar-refractivity contribution is -0.675. The highest BCUT2D eigenvalue weighted by Gasteiger charge is 2.10. The molecule has 0 aliphatic rings. The van der Waals surface area contributed by atoms with Gasteiger partial charge in [0.25, 0.3) is 0 Å². The summed E-state index contributed by atoms with van der Waals surface area (Å²) in [5.74, 6) is 2.83. The van der Waals surface area contributed by atoms with Gasteiger partial charge in [-0.2, -0.15) is 4.57 Å². The molecule has 0 fully saturated rings. The first-order valence-electron chi connectivity index (χ1n) is 14.2. The van der Waals surface area contributed by atoms with Gasteiger partial charge in [0.2, 0.25) is 11.4 Å². The highest BCUT2D eigenvalue weighted by Crippen LogP contribution is 2.30. The van der Waals surface area contributed by atoms with Crippen molar-refractivity contribution >= 4 is 24.3 Å². The molecule has 0 saturated carbocycles. The van der Waals surface area contributed by atoms with E-state index in [0.29, 0.717) is 36.2 Å². The smallest absolute Gasteiger partial charge is 0.205 e. The number of rotatable bonds is 12. The molecular formula is C38H36NO4+. The summed E-state index contributed by atoms with van der Waals surface area (Å²) in [4.78, 5) is 0. The number of hydrogen-bond acceptors (Lipinski definition) is 4. The van der Waals surface area contributed by atoms with Crippen molar-refractivity contribution in [1.82, 2.24) is 0 Å². The van der Waals surface area contributed by atoms with Gasteiger partial charge in [-0.25, -0.2) is 0 Å². The fourth-order valence-corrected chi connectivity index (χ4v) is 4.60. The zero-order chi connectivity index (χ0) is 29.9. The van der Waals surface area contributed by atoms with E-state index in [0.717, 1.165) is 33.6 Å². The Bertz CT molecular complexity index is 1570. The summed E-state index contributed by atoms with van der Waals surface area (Å²) in [5.41, 5.74) is 6.39. The standard InChI is InChI=1S/C38H36NO4/c1-39-33(21-17-29-19-23-35(37(25-29)40-2)42-27-31-11-6-4-7-12-31)15-10-16-34(39)22-18-30-20-24-36(38(26-30)41-3)43-28-32-13-8-5-9-14-32/h4-26H,27-28H2,1-3H3/q+1/b21-17+,22-18+. The van der Waals surface area contributed by atoms with E-state index >= 15 is 0 Å². The largest absolute Gasteiger partial charge is 0.493 e. The molecular weight excluding hydrogens is 534 g/mol. The minimum Gasteiger partial charge on any atom is -0.493 e. The topological polar surface area (TPSA) is 40.8 Å². The first kappa shape index (κ1) is 29.2. The molecule has 0 aliphatic heterocycles. The van der Waals surface area contributed by atoms with Crippen molar-refractivity contribution in [2.24, 2.45) is 7.05 Å². The van der Waals surface area contributed by atoms with Crippen molar-refractivity contribution in [2.75, 3.05) is 14.2 Å². The van der Waals surface area contributed by atoms with E-state index < -0.39 is 0 Å². The molecule has 0 atom stereocenters. The third-order valence-electron chi connectivity index (χ3n) is 7.05. The molecule has 0 radical (unpaired) electrons. The predicted molar refractivity (Wildman–Crippen MR) is 173 cm³/mol. The van der Waals surface area contributed by atoms with E-state index in [-0.39, 0.29) is 0 Å². The first-order chi connectivity index (χ1) is 21.1. The van der Waals surface area contributed by atoms with Crippen molar-refractivity contribution in [3.63, 3.8) is 0 Å². The van der Waals surface area contributed by atoms with Crippen molar-refractivity contribution in [2.45, 2.75) is 13.2 Å². The van der Waals surface area contributed by atoms with Crippen LogP contribution in [0.1, 0.15) is 33.6 Å². The molecule has 0 unspecified atom stereocenters. The zero-order valence-corrected chi connectivity index (χ0v) is 24.8. The molecule has 1 heterocycles. The predicted octanol–water partition coefficient (Wildman–Crippen LogP) is 8.03. The minimum atomic E-state index is 0.488. The van der Waals surface area contributed by atoms with E-state index in [1.807, 2.05) is 97.1 Å². The van der Waals surface area contributed by atoms with Crippen molar-refractivity contribution < 1.29 is 23.5 Å². The van der Waals surface area contributed by atoms with Gasteiger partial charge in [-0.05, 0) is 64.7 Å². The highest BCUT2D eigenvalue weighted by atomic mass is 16.5. The Labute approximate surface area is 253 Å².